The fraction of sp³-hybridized carbons (Fsp3) is 0.150. The lowest BCUT2D eigenvalue weighted by molar-refractivity contribution is 0.0970. The second kappa shape index (κ2) is 6.79. The first-order valence-corrected chi connectivity index (χ1v) is 9.62. The summed E-state index contributed by atoms with van der Waals surface area (Å²) in [6, 6.07) is 9.12. The van der Waals surface area contributed by atoms with Gasteiger partial charge in [0.05, 0.1) is 18.3 Å². The molecule has 3 aromatic heterocycles. The van der Waals surface area contributed by atoms with E-state index in [2.05, 4.69) is 9.97 Å². The van der Waals surface area contributed by atoms with Crippen molar-refractivity contribution < 1.29 is 4.79 Å². The number of ketones is 1. The smallest absolute Gasteiger partial charge is 0.263 e. The molecule has 0 aliphatic heterocycles. The number of aromatic amines is 1. The number of benzene rings is 1. The number of H-pyrrole nitrogens is 1. The van der Waals surface area contributed by atoms with Crippen LogP contribution in [0.25, 0.3) is 21.3 Å². The second-order valence-electron chi connectivity index (χ2n) is 6.43. The summed E-state index contributed by atoms with van der Waals surface area (Å²) >= 11 is 7.37. The van der Waals surface area contributed by atoms with Crippen molar-refractivity contribution in [1.82, 2.24) is 14.5 Å². The van der Waals surface area contributed by atoms with Gasteiger partial charge in [0, 0.05) is 32.9 Å². The number of aromatic nitrogens is 3. The highest BCUT2D eigenvalue weighted by Crippen LogP contribution is 2.31. The van der Waals surface area contributed by atoms with Gasteiger partial charge in [0.25, 0.3) is 5.56 Å². The van der Waals surface area contributed by atoms with Crippen LogP contribution in [-0.4, -0.2) is 20.3 Å². The summed E-state index contributed by atoms with van der Waals surface area (Å²) in [4.78, 5) is 33.8. The van der Waals surface area contributed by atoms with Gasteiger partial charge in [0.1, 0.15) is 4.83 Å². The van der Waals surface area contributed by atoms with Crippen LogP contribution in [0.15, 0.2) is 46.8 Å². The minimum Gasteiger partial charge on any atom is -0.362 e. The fourth-order valence-electron chi connectivity index (χ4n) is 3.18. The van der Waals surface area contributed by atoms with E-state index in [0.717, 1.165) is 22.5 Å². The molecule has 27 heavy (non-hydrogen) atoms. The van der Waals surface area contributed by atoms with Crippen LogP contribution < -0.4 is 5.56 Å². The molecule has 1 aromatic carbocycles. The van der Waals surface area contributed by atoms with E-state index in [4.69, 9.17) is 11.6 Å². The molecule has 4 aromatic rings. The zero-order valence-corrected chi connectivity index (χ0v) is 16.3. The molecule has 1 N–H and O–H groups in total. The largest absolute Gasteiger partial charge is 0.362 e. The van der Waals surface area contributed by atoms with E-state index < -0.39 is 0 Å². The zero-order valence-electron chi connectivity index (χ0n) is 14.7. The third kappa shape index (κ3) is 3.22. The molecular weight excluding hydrogens is 382 g/mol. The molecule has 0 saturated heterocycles. The number of carbonyl (C=O) groups excluding carboxylic acids is 1. The predicted octanol–water partition coefficient (Wildman–Crippen LogP) is 4.61. The van der Waals surface area contributed by atoms with Gasteiger partial charge in [-0.2, -0.15) is 0 Å². The predicted molar refractivity (Wildman–Crippen MR) is 109 cm³/mol. The Kier molecular flexibility index (Phi) is 4.45. The summed E-state index contributed by atoms with van der Waals surface area (Å²) in [6.45, 7) is 3.70. The number of Topliss-reactive ketones (excluding diaryl/α,β-unsaturated/α-hetero) is 1. The molecule has 5 nitrogen and oxygen atoms in total. The molecule has 0 atom stereocenters. The van der Waals surface area contributed by atoms with Crippen molar-refractivity contribution in [3.63, 3.8) is 0 Å². The normalized spacial score (nSPS) is 11.2. The Bertz CT molecular complexity index is 1220. The Morgan fingerprint density at radius 3 is 2.67 bits per heavy atom. The molecule has 0 amide bonds. The zero-order chi connectivity index (χ0) is 19.1. The monoisotopic (exact) mass is 397 g/mol. The summed E-state index contributed by atoms with van der Waals surface area (Å²) in [7, 11) is 0. The van der Waals surface area contributed by atoms with Crippen LogP contribution in [0.1, 0.15) is 21.7 Å². The van der Waals surface area contributed by atoms with Crippen molar-refractivity contribution in [2.75, 3.05) is 0 Å². The maximum absolute atomic E-state index is 13.1. The molecule has 0 bridgehead atoms. The van der Waals surface area contributed by atoms with Gasteiger partial charge in [-0.05, 0) is 37.6 Å². The van der Waals surface area contributed by atoms with Crippen molar-refractivity contribution in [1.29, 1.82) is 0 Å². The lowest BCUT2D eigenvalue weighted by atomic mass is 10.1. The van der Waals surface area contributed by atoms with Gasteiger partial charge in [-0.15, -0.1) is 11.3 Å². The molecule has 0 aliphatic rings. The molecular formula is C20H16ClN3O2S. The van der Waals surface area contributed by atoms with Crippen molar-refractivity contribution >= 4 is 38.9 Å². The number of hydrogen-bond acceptors (Lipinski definition) is 4. The number of aryl methyl sites for hydroxylation is 2. The summed E-state index contributed by atoms with van der Waals surface area (Å²) < 4.78 is 1.37. The Balaban J connectivity index is 1.77. The van der Waals surface area contributed by atoms with Gasteiger partial charge in [0.15, 0.2) is 5.78 Å². The maximum Gasteiger partial charge on any atom is 0.263 e. The summed E-state index contributed by atoms with van der Waals surface area (Å²) in [5, 5.41) is 3.07. The third-order valence-corrected chi connectivity index (χ3v) is 5.62. The molecule has 0 aliphatic carbocycles. The van der Waals surface area contributed by atoms with Gasteiger partial charge in [0.2, 0.25) is 0 Å². The number of fused-ring (bicyclic) bond motifs is 1. The number of nitrogens with one attached hydrogen (secondary N) is 1. The van der Waals surface area contributed by atoms with Gasteiger partial charge >= 0.3 is 0 Å². The standard InChI is InChI=1S/C20H16ClN3O2S/c1-11-7-15(12(2)23-11)17(25)8-24-10-22-19-18(20(24)26)16(9-27-19)13-3-5-14(21)6-4-13/h3-7,9-10,23H,8H2,1-2H3. The van der Waals surface area contributed by atoms with E-state index in [0.29, 0.717) is 20.8 Å². The van der Waals surface area contributed by atoms with E-state index in [1.54, 1.807) is 18.2 Å². The van der Waals surface area contributed by atoms with E-state index in [1.807, 2.05) is 31.4 Å². The Morgan fingerprint density at radius 1 is 1.26 bits per heavy atom. The first-order chi connectivity index (χ1) is 12.9. The number of carbonyl (C=O) groups is 1. The van der Waals surface area contributed by atoms with Crippen molar-refractivity contribution in [3.8, 4) is 11.1 Å². The average molecular weight is 398 g/mol. The summed E-state index contributed by atoms with van der Waals surface area (Å²) in [5.74, 6) is -0.122. The van der Waals surface area contributed by atoms with Crippen LogP contribution in [0.3, 0.4) is 0 Å². The van der Waals surface area contributed by atoms with Crippen LogP contribution in [-0.2, 0) is 6.54 Å². The van der Waals surface area contributed by atoms with E-state index in [1.165, 1.54) is 22.2 Å². The van der Waals surface area contributed by atoms with Crippen molar-refractivity contribution in [2.24, 2.45) is 0 Å². The number of rotatable bonds is 4. The first-order valence-electron chi connectivity index (χ1n) is 8.36. The number of thiophene rings is 1. The number of nitrogens with zero attached hydrogens (tertiary/aromatic N) is 2. The molecule has 136 valence electrons. The van der Waals surface area contributed by atoms with Crippen LogP contribution >= 0.6 is 22.9 Å². The van der Waals surface area contributed by atoms with Crippen molar-refractivity contribution in [3.05, 3.63) is 74.4 Å². The summed E-state index contributed by atoms with van der Waals surface area (Å²) in [5.41, 5.74) is 3.80. The summed E-state index contributed by atoms with van der Waals surface area (Å²) in [6.07, 6.45) is 1.44. The SMILES string of the molecule is Cc1cc(C(=O)Cn2cnc3scc(-c4ccc(Cl)cc4)c3c2=O)c(C)[nH]1. The lowest BCUT2D eigenvalue weighted by Gasteiger charge is -2.06. The first kappa shape index (κ1) is 17.7. The Morgan fingerprint density at radius 2 is 2.00 bits per heavy atom. The topological polar surface area (TPSA) is 67.8 Å². The molecule has 0 saturated carbocycles. The fourth-order valence-corrected chi connectivity index (χ4v) is 4.21. The highest BCUT2D eigenvalue weighted by atomic mass is 35.5. The second-order valence-corrected chi connectivity index (χ2v) is 7.72. The molecule has 0 fully saturated rings. The quantitative estimate of drug-likeness (QED) is 0.511. The van der Waals surface area contributed by atoms with Crippen molar-refractivity contribution in [2.45, 2.75) is 20.4 Å². The van der Waals surface area contributed by atoms with E-state index in [9.17, 15) is 9.59 Å². The highest BCUT2D eigenvalue weighted by molar-refractivity contribution is 7.17. The average Bonchev–Trinajstić information content (AvgIpc) is 3.21. The highest BCUT2D eigenvalue weighted by Gasteiger charge is 2.17. The molecule has 0 radical (unpaired) electrons. The van der Waals surface area contributed by atoms with Crippen LogP contribution in [0.5, 0.6) is 0 Å². The molecule has 7 heteroatoms. The van der Waals surface area contributed by atoms with Gasteiger partial charge < -0.3 is 4.98 Å². The van der Waals surface area contributed by atoms with Gasteiger partial charge in [-0.3, -0.25) is 14.2 Å². The maximum atomic E-state index is 13.1. The third-order valence-electron chi connectivity index (χ3n) is 4.48. The van der Waals surface area contributed by atoms with Crippen LogP contribution in [0.4, 0.5) is 0 Å². The molecule has 3 heterocycles. The van der Waals surface area contributed by atoms with Crippen LogP contribution in [0.2, 0.25) is 5.02 Å². The molecule has 0 spiro atoms. The Labute approximate surface area is 164 Å². The van der Waals surface area contributed by atoms with Gasteiger partial charge in [-0.1, -0.05) is 23.7 Å². The molecule has 4 rings (SSSR count). The van der Waals surface area contributed by atoms with E-state index >= 15 is 0 Å². The molecule has 0 unspecified atom stereocenters. The Hall–Kier alpha value is -2.70. The van der Waals surface area contributed by atoms with E-state index in [-0.39, 0.29) is 17.9 Å². The number of halogens is 1. The van der Waals surface area contributed by atoms with Crippen LogP contribution in [0, 0.1) is 13.8 Å². The minimum absolute atomic E-state index is 0.0458. The van der Waals surface area contributed by atoms with Gasteiger partial charge in [-0.25, -0.2) is 4.98 Å². The lowest BCUT2D eigenvalue weighted by Crippen LogP contribution is -2.24. The minimum atomic E-state index is -0.218. The number of hydrogen-bond donors (Lipinski definition) is 1.